The summed E-state index contributed by atoms with van der Waals surface area (Å²) < 4.78 is 2.01. The van der Waals surface area contributed by atoms with Crippen molar-refractivity contribution in [3.05, 3.63) is 54.6 Å². The zero-order valence-corrected chi connectivity index (χ0v) is 16.7. The van der Waals surface area contributed by atoms with E-state index in [2.05, 4.69) is 53.2 Å². The number of anilines is 1. The summed E-state index contributed by atoms with van der Waals surface area (Å²) in [5.74, 6) is 1.28. The van der Waals surface area contributed by atoms with Crippen LogP contribution in [-0.4, -0.2) is 39.4 Å². The standard InChI is InChI=1S/C21H24N4OS/c1-4-24(5-2)18-13-11-17(12-14-18)20-22-23-21(27-15-16(3)26)25(20)19-9-7-6-8-10-19/h6-14H,4-5,15H2,1-3H3. The Morgan fingerprint density at radius 3 is 2.26 bits per heavy atom. The summed E-state index contributed by atoms with van der Waals surface area (Å²) >= 11 is 1.41. The number of hydrogen-bond donors (Lipinski definition) is 0. The molecule has 0 saturated heterocycles. The minimum atomic E-state index is 0.118. The quantitative estimate of drug-likeness (QED) is 0.540. The predicted molar refractivity (Wildman–Crippen MR) is 112 cm³/mol. The van der Waals surface area contributed by atoms with Gasteiger partial charge in [-0.15, -0.1) is 10.2 Å². The molecule has 27 heavy (non-hydrogen) atoms. The van der Waals surface area contributed by atoms with Crippen molar-refractivity contribution in [3.63, 3.8) is 0 Å². The van der Waals surface area contributed by atoms with E-state index in [9.17, 15) is 4.79 Å². The molecule has 0 aliphatic carbocycles. The lowest BCUT2D eigenvalue weighted by molar-refractivity contribution is -0.114. The summed E-state index contributed by atoms with van der Waals surface area (Å²) in [5, 5.41) is 9.49. The molecular weight excluding hydrogens is 356 g/mol. The highest BCUT2D eigenvalue weighted by atomic mass is 32.2. The molecule has 2 aromatic carbocycles. The van der Waals surface area contributed by atoms with Crippen LogP contribution in [0.25, 0.3) is 17.1 Å². The number of carbonyl (C=O) groups excluding carboxylic acids is 1. The molecule has 1 heterocycles. The monoisotopic (exact) mass is 380 g/mol. The van der Waals surface area contributed by atoms with E-state index in [1.54, 1.807) is 6.92 Å². The summed E-state index contributed by atoms with van der Waals surface area (Å²) in [6.45, 7) is 7.84. The zero-order chi connectivity index (χ0) is 19.2. The number of benzene rings is 2. The summed E-state index contributed by atoms with van der Waals surface area (Å²) in [5.41, 5.74) is 3.18. The van der Waals surface area contributed by atoms with Crippen molar-refractivity contribution in [2.45, 2.75) is 25.9 Å². The number of rotatable bonds is 8. The van der Waals surface area contributed by atoms with Gasteiger partial charge in [0.25, 0.3) is 0 Å². The molecule has 0 saturated carbocycles. The molecule has 0 amide bonds. The average Bonchev–Trinajstić information content (AvgIpc) is 3.12. The normalized spacial score (nSPS) is 10.8. The Hall–Kier alpha value is -2.60. The molecule has 0 radical (unpaired) electrons. The minimum Gasteiger partial charge on any atom is -0.372 e. The molecular formula is C21H24N4OS. The summed E-state index contributed by atoms with van der Waals surface area (Å²) in [6, 6.07) is 18.4. The van der Waals surface area contributed by atoms with Crippen LogP contribution in [0.3, 0.4) is 0 Å². The van der Waals surface area contributed by atoms with Crippen LogP contribution in [0, 0.1) is 0 Å². The molecule has 3 rings (SSSR count). The summed E-state index contributed by atoms with van der Waals surface area (Å²) in [7, 11) is 0. The van der Waals surface area contributed by atoms with Crippen LogP contribution in [0.15, 0.2) is 59.8 Å². The van der Waals surface area contributed by atoms with E-state index in [-0.39, 0.29) is 5.78 Å². The van der Waals surface area contributed by atoms with E-state index in [4.69, 9.17) is 0 Å². The van der Waals surface area contributed by atoms with Gasteiger partial charge in [-0.3, -0.25) is 9.36 Å². The van der Waals surface area contributed by atoms with Gasteiger partial charge in [-0.1, -0.05) is 30.0 Å². The van der Waals surface area contributed by atoms with Gasteiger partial charge in [-0.25, -0.2) is 0 Å². The highest BCUT2D eigenvalue weighted by Gasteiger charge is 2.16. The number of ketones is 1. The molecule has 0 aliphatic heterocycles. The minimum absolute atomic E-state index is 0.118. The van der Waals surface area contributed by atoms with Crippen molar-refractivity contribution in [1.82, 2.24) is 14.8 Å². The maximum absolute atomic E-state index is 11.4. The van der Waals surface area contributed by atoms with Crippen molar-refractivity contribution in [2.24, 2.45) is 0 Å². The van der Waals surface area contributed by atoms with E-state index < -0.39 is 0 Å². The van der Waals surface area contributed by atoms with Gasteiger partial charge in [0.05, 0.1) is 5.75 Å². The molecule has 0 spiro atoms. The lowest BCUT2D eigenvalue weighted by Crippen LogP contribution is -2.21. The second-order valence-electron chi connectivity index (χ2n) is 6.19. The lowest BCUT2D eigenvalue weighted by Gasteiger charge is -2.21. The number of Topliss-reactive ketones (excluding diaryl/α,β-unsaturated/α-hetero) is 1. The zero-order valence-electron chi connectivity index (χ0n) is 15.9. The number of carbonyl (C=O) groups is 1. The van der Waals surface area contributed by atoms with E-state index in [0.29, 0.717) is 5.75 Å². The average molecular weight is 381 g/mol. The van der Waals surface area contributed by atoms with Crippen LogP contribution in [0.1, 0.15) is 20.8 Å². The Balaban J connectivity index is 2.01. The first-order chi connectivity index (χ1) is 13.1. The topological polar surface area (TPSA) is 51.0 Å². The van der Waals surface area contributed by atoms with E-state index in [1.807, 2.05) is 34.9 Å². The molecule has 0 bridgehead atoms. The fourth-order valence-corrected chi connectivity index (χ4v) is 3.69. The Morgan fingerprint density at radius 2 is 1.67 bits per heavy atom. The summed E-state index contributed by atoms with van der Waals surface area (Å²) in [6.07, 6.45) is 0. The molecule has 0 N–H and O–H groups in total. The Morgan fingerprint density at radius 1 is 1.00 bits per heavy atom. The first-order valence-corrected chi connectivity index (χ1v) is 10.1. The summed E-state index contributed by atoms with van der Waals surface area (Å²) in [4.78, 5) is 13.7. The van der Waals surface area contributed by atoms with Gasteiger partial charge in [0.1, 0.15) is 5.78 Å². The predicted octanol–water partition coefficient (Wildman–Crippen LogP) is 4.46. The van der Waals surface area contributed by atoms with E-state index >= 15 is 0 Å². The van der Waals surface area contributed by atoms with Crippen LogP contribution in [0.4, 0.5) is 5.69 Å². The van der Waals surface area contributed by atoms with Crippen molar-refractivity contribution in [2.75, 3.05) is 23.7 Å². The highest BCUT2D eigenvalue weighted by Crippen LogP contribution is 2.29. The Bertz CT molecular complexity index is 886. The molecule has 0 unspecified atom stereocenters. The smallest absolute Gasteiger partial charge is 0.196 e. The third kappa shape index (κ3) is 4.39. The van der Waals surface area contributed by atoms with Crippen molar-refractivity contribution in [3.8, 4) is 17.1 Å². The third-order valence-electron chi connectivity index (χ3n) is 4.31. The molecule has 0 fully saturated rings. The van der Waals surface area contributed by atoms with Gasteiger partial charge >= 0.3 is 0 Å². The molecule has 6 heteroatoms. The van der Waals surface area contributed by atoms with Crippen LogP contribution in [-0.2, 0) is 4.79 Å². The molecule has 5 nitrogen and oxygen atoms in total. The maximum atomic E-state index is 11.4. The molecule has 3 aromatic rings. The number of para-hydroxylation sites is 1. The van der Waals surface area contributed by atoms with Crippen LogP contribution < -0.4 is 4.90 Å². The van der Waals surface area contributed by atoms with Crippen molar-refractivity contribution >= 4 is 23.2 Å². The van der Waals surface area contributed by atoms with E-state index in [1.165, 1.54) is 17.4 Å². The molecule has 0 aliphatic rings. The SMILES string of the molecule is CCN(CC)c1ccc(-c2nnc(SCC(C)=O)n2-c2ccccc2)cc1. The van der Waals surface area contributed by atoms with Gasteiger partial charge in [0.15, 0.2) is 11.0 Å². The Kier molecular flexibility index (Phi) is 6.29. The van der Waals surface area contributed by atoms with Gasteiger partial charge in [0, 0.05) is 30.0 Å². The maximum Gasteiger partial charge on any atom is 0.196 e. The number of nitrogens with zero attached hydrogens (tertiary/aromatic N) is 4. The fraction of sp³-hybridized carbons (Fsp3) is 0.286. The second-order valence-corrected chi connectivity index (χ2v) is 7.13. The number of aromatic nitrogens is 3. The second kappa shape index (κ2) is 8.86. The number of thioether (sulfide) groups is 1. The largest absolute Gasteiger partial charge is 0.372 e. The molecule has 0 atom stereocenters. The van der Waals surface area contributed by atoms with Crippen molar-refractivity contribution in [1.29, 1.82) is 0 Å². The number of hydrogen-bond acceptors (Lipinski definition) is 5. The first kappa shape index (κ1) is 19.2. The third-order valence-corrected chi connectivity index (χ3v) is 5.38. The Labute approximate surface area is 164 Å². The lowest BCUT2D eigenvalue weighted by atomic mass is 10.1. The first-order valence-electron chi connectivity index (χ1n) is 9.12. The fourth-order valence-electron chi connectivity index (χ4n) is 2.94. The molecule has 1 aromatic heterocycles. The van der Waals surface area contributed by atoms with Crippen LogP contribution in [0.2, 0.25) is 0 Å². The highest BCUT2D eigenvalue weighted by molar-refractivity contribution is 7.99. The van der Waals surface area contributed by atoms with Gasteiger partial charge in [0.2, 0.25) is 0 Å². The van der Waals surface area contributed by atoms with Crippen molar-refractivity contribution < 1.29 is 4.79 Å². The van der Waals surface area contributed by atoms with Crippen LogP contribution >= 0.6 is 11.8 Å². The van der Waals surface area contributed by atoms with Gasteiger partial charge < -0.3 is 4.90 Å². The van der Waals surface area contributed by atoms with Gasteiger partial charge in [-0.2, -0.15) is 0 Å². The van der Waals surface area contributed by atoms with Gasteiger partial charge in [-0.05, 0) is 57.2 Å². The van der Waals surface area contributed by atoms with E-state index in [0.717, 1.165) is 35.3 Å². The molecule has 140 valence electrons. The van der Waals surface area contributed by atoms with Crippen LogP contribution in [0.5, 0.6) is 0 Å².